The van der Waals surface area contributed by atoms with Crippen LogP contribution in [0.3, 0.4) is 0 Å². The Morgan fingerprint density at radius 2 is 2.00 bits per heavy atom. The molecule has 3 heteroatoms. The lowest BCUT2D eigenvalue weighted by atomic mass is 10.0. The number of methoxy groups -OCH3 is 1. The molecule has 0 aliphatic carbocycles. The van der Waals surface area contributed by atoms with Gasteiger partial charge in [0.15, 0.2) is 0 Å². The van der Waals surface area contributed by atoms with E-state index in [0.29, 0.717) is 6.04 Å². The molecule has 1 aromatic heterocycles. The Bertz CT molecular complexity index is 495. The number of benzene rings is 1. The molecule has 0 aliphatic rings. The highest BCUT2D eigenvalue weighted by Gasteiger charge is 2.16. The van der Waals surface area contributed by atoms with Gasteiger partial charge in [0.25, 0.3) is 0 Å². The van der Waals surface area contributed by atoms with Gasteiger partial charge >= 0.3 is 0 Å². The van der Waals surface area contributed by atoms with Gasteiger partial charge in [-0.3, -0.25) is 0 Å². The lowest BCUT2D eigenvalue weighted by Gasteiger charge is -2.18. The summed E-state index contributed by atoms with van der Waals surface area (Å²) in [6, 6.07) is 13.1. The van der Waals surface area contributed by atoms with Crippen molar-refractivity contribution in [3.8, 4) is 5.75 Å². The quantitative estimate of drug-likeness (QED) is 0.776. The molecule has 1 aromatic carbocycles. The van der Waals surface area contributed by atoms with Crippen molar-refractivity contribution in [3.05, 3.63) is 52.2 Å². The molecule has 2 nitrogen and oxygen atoms in total. The molecule has 0 aliphatic heterocycles. The second-order valence-corrected chi connectivity index (χ2v) is 5.83. The van der Waals surface area contributed by atoms with Crippen LogP contribution >= 0.6 is 11.3 Å². The van der Waals surface area contributed by atoms with Crippen LogP contribution in [-0.4, -0.2) is 13.7 Å². The average Bonchev–Trinajstić information content (AvgIpc) is 2.97. The summed E-state index contributed by atoms with van der Waals surface area (Å²) < 4.78 is 5.47. The van der Waals surface area contributed by atoms with Gasteiger partial charge in [-0.05, 0) is 42.8 Å². The summed E-state index contributed by atoms with van der Waals surface area (Å²) in [5, 5.41) is 5.76. The number of aryl methyl sites for hydroxylation is 1. The molecule has 1 N–H and O–H groups in total. The number of rotatable bonds is 8. The molecule has 0 saturated heterocycles. The van der Waals surface area contributed by atoms with Crippen molar-refractivity contribution < 1.29 is 4.74 Å². The second kappa shape index (κ2) is 8.08. The summed E-state index contributed by atoms with van der Waals surface area (Å²) in [5.74, 6) is 1.01. The van der Waals surface area contributed by atoms with Crippen LogP contribution in [-0.2, 0) is 6.42 Å². The molecule has 108 valence electrons. The van der Waals surface area contributed by atoms with Crippen molar-refractivity contribution in [2.75, 3.05) is 13.7 Å². The molecule has 2 aromatic rings. The number of hydrogen-bond donors (Lipinski definition) is 1. The van der Waals surface area contributed by atoms with Gasteiger partial charge in [0.1, 0.15) is 5.75 Å². The molecule has 0 bridgehead atoms. The summed E-state index contributed by atoms with van der Waals surface area (Å²) in [7, 11) is 1.75. The third-order valence-corrected chi connectivity index (χ3v) is 4.41. The molecule has 0 amide bonds. The highest BCUT2D eigenvalue weighted by Crippen LogP contribution is 2.33. The molecule has 0 fully saturated rings. The molecule has 1 unspecified atom stereocenters. The summed E-state index contributed by atoms with van der Waals surface area (Å²) in [6.45, 7) is 3.24. The van der Waals surface area contributed by atoms with E-state index in [1.807, 2.05) is 0 Å². The van der Waals surface area contributed by atoms with Crippen LogP contribution in [0.1, 0.15) is 36.2 Å². The first-order valence-corrected chi connectivity index (χ1v) is 8.11. The molecule has 1 atom stereocenters. The Kier molecular flexibility index (Phi) is 6.09. The van der Waals surface area contributed by atoms with Crippen LogP contribution in [0.4, 0.5) is 0 Å². The molecular weight excluding hydrogens is 266 g/mol. The van der Waals surface area contributed by atoms with E-state index in [1.165, 1.54) is 10.4 Å². The molecule has 0 radical (unpaired) electrons. The van der Waals surface area contributed by atoms with Crippen molar-refractivity contribution in [2.45, 2.75) is 32.2 Å². The maximum Gasteiger partial charge on any atom is 0.134 e. The predicted octanol–water partition coefficient (Wildman–Crippen LogP) is 4.43. The summed E-state index contributed by atoms with van der Waals surface area (Å²) in [5.41, 5.74) is 1.39. The highest BCUT2D eigenvalue weighted by atomic mass is 32.1. The Hall–Kier alpha value is -1.32. The Morgan fingerprint density at radius 3 is 2.70 bits per heavy atom. The Balaban J connectivity index is 2.04. The molecule has 0 spiro atoms. The highest BCUT2D eigenvalue weighted by molar-refractivity contribution is 7.10. The minimum atomic E-state index is 0.380. The van der Waals surface area contributed by atoms with Gasteiger partial charge < -0.3 is 10.1 Å². The maximum absolute atomic E-state index is 5.47. The Morgan fingerprint density at radius 1 is 1.20 bits per heavy atom. The lowest BCUT2D eigenvalue weighted by molar-refractivity contribution is 0.399. The van der Waals surface area contributed by atoms with Crippen molar-refractivity contribution >= 4 is 11.3 Å². The van der Waals surface area contributed by atoms with E-state index in [1.54, 1.807) is 18.4 Å². The lowest BCUT2D eigenvalue weighted by Crippen LogP contribution is -2.22. The molecule has 2 rings (SSSR count). The summed E-state index contributed by atoms with van der Waals surface area (Å²) >= 11 is 1.78. The smallest absolute Gasteiger partial charge is 0.134 e. The third-order valence-electron chi connectivity index (χ3n) is 3.40. The van der Waals surface area contributed by atoms with Crippen LogP contribution in [0.5, 0.6) is 5.75 Å². The van der Waals surface area contributed by atoms with E-state index in [4.69, 9.17) is 4.74 Å². The van der Waals surface area contributed by atoms with Gasteiger partial charge in [-0.15, -0.1) is 11.3 Å². The van der Waals surface area contributed by atoms with E-state index < -0.39 is 0 Å². The largest absolute Gasteiger partial charge is 0.496 e. The first-order valence-electron chi connectivity index (χ1n) is 7.23. The van der Waals surface area contributed by atoms with Crippen molar-refractivity contribution in [3.63, 3.8) is 0 Å². The first kappa shape index (κ1) is 15.1. The topological polar surface area (TPSA) is 21.3 Å². The van der Waals surface area contributed by atoms with Crippen LogP contribution in [0, 0.1) is 0 Å². The molecule has 0 saturated carbocycles. The normalized spacial score (nSPS) is 12.3. The first-order chi connectivity index (χ1) is 9.85. The van der Waals surface area contributed by atoms with Crippen LogP contribution in [0.15, 0.2) is 41.8 Å². The standard InChI is InChI=1S/C17H23NOS/c1-3-12-18-15(17-16(19-2)11-13-20-17)10-9-14-7-5-4-6-8-14/h4-8,11,13,15,18H,3,9-10,12H2,1-2H3. The van der Waals surface area contributed by atoms with Crippen LogP contribution in [0.25, 0.3) is 0 Å². The van der Waals surface area contributed by atoms with E-state index in [2.05, 4.69) is 54.0 Å². The van der Waals surface area contributed by atoms with Gasteiger partial charge in [0, 0.05) is 6.04 Å². The molecule has 20 heavy (non-hydrogen) atoms. The summed E-state index contributed by atoms with van der Waals surface area (Å²) in [4.78, 5) is 1.32. The van der Waals surface area contributed by atoms with E-state index in [9.17, 15) is 0 Å². The number of nitrogens with one attached hydrogen (secondary N) is 1. The number of thiophene rings is 1. The zero-order valence-electron chi connectivity index (χ0n) is 12.3. The summed E-state index contributed by atoms with van der Waals surface area (Å²) in [6.07, 6.45) is 3.33. The minimum absolute atomic E-state index is 0.380. The SMILES string of the molecule is CCCNC(CCc1ccccc1)c1sccc1OC. The molecule has 1 heterocycles. The number of ether oxygens (including phenoxy) is 1. The van der Waals surface area contributed by atoms with E-state index in [-0.39, 0.29) is 0 Å². The van der Waals surface area contributed by atoms with Gasteiger partial charge in [-0.2, -0.15) is 0 Å². The maximum atomic E-state index is 5.47. The van der Waals surface area contributed by atoms with Crippen molar-refractivity contribution in [2.24, 2.45) is 0 Å². The average molecular weight is 289 g/mol. The third kappa shape index (κ3) is 4.09. The van der Waals surface area contributed by atoms with Gasteiger partial charge in [0.05, 0.1) is 12.0 Å². The zero-order valence-corrected chi connectivity index (χ0v) is 13.1. The predicted molar refractivity (Wildman–Crippen MR) is 86.7 cm³/mol. The van der Waals surface area contributed by atoms with Crippen molar-refractivity contribution in [1.29, 1.82) is 0 Å². The fourth-order valence-corrected chi connectivity index (χ4v) is 3.30. The monoisotopic (exact) mass is 289 g/mol. The van der Waals surface area contributed by atoms with E-state index in [0.717, 1.165) is 31.6 Å². The van der Waals surface area contributed by atoms with Gasteiger partial charge in [0.2, 0.25) is 0 Å². The van der Waals surface area contributed by atoms with E-state index >= 15 is 0 Å². The van der Waals surface area contributed by atoms with Gasteiger partial charge in [-0.25, -0.2) is 0 Å². The van der Waals surface area contributed by atoms with Crippen molar-refractivity contribution in [1.82, 2.24) is 5.32 Å². The Labute approximate surface area is 125 Å². The molecular formula is C17H23NOS. The van der Waals surface area contributed by atoms with Gasteiger partial charge in [-0.1, -0.05) is 37.3 Å². The fourth-order valence-electron chi connectivity index (χ4n) is 2.33. The zero-order chi connectivity index (χ0) is 14.2. The van der Waals surface area contributed by atoms with Crippen LogP contribution in [0.2, 0.25) is 0 Å². The second-order valence-electron chi connectivity index (χ2n) is 4.88. The van der Waals surface area contributed by atoms with Crippen LogP contribution < -0.4 is 10.1 Å². The number of hydrogen-bond acceptors (Lipinski definition) is 3. The minimum Gasteiger partial charge on any atom is -0.496 e. The fraction of sp³-hybridized carbons (Fsp3) is 0.412.